The van der Waals surface area contributed by atoms with E-state index in [0.717, 1.165) is 179 Å². The van der Waals surface area contributed by atoms with Crippen LogP contribution in [0.2, 0.25) is 0 Å². The van der Waals surface area contributed by atoms with Crippen molar-refractivity contribution < 1.29 is 89.7 Å². The fourth-order valence-corrected chi connectivity index (χ4v) is 25.6. The summed E-state index contributed by atoms with van der Waals surface area (Å²) in [6, 6.07) is 36.1. The number of benzene rings is 6. The molecule has 2 saturated carbocycles. The Bertz CT molecular complexity index is 6250. The highest BCUT2D eigenvalue weighted by Crippen LogP contribution is 2.39. The number of amides is 5. The van der Waals surface area contributed by atoms with E-state index in [2.05, 4.69) is 22.0 Å². The molecule has 10 N–H and O–H groups in total. The molecule has 7 fully saturated rings. The molecule has 35 nitrogen and oxygen atoms in total. The number of ether oxygens (including phenoxy) is 5. The van der Waals surface area contributed by atoms with Crippen LogP contribution in [0.25, 0.3) is 0 Å². The molecule has 12 aliphatic rings. The lowest BCUT2D eigenvalue weighted by Gasteiger charge is -2.39. The first-order valence-electron chi connectivity index (χ1n) is 48.7. The molecule has 752 valence electrons. The van der Waals surface area contributed by atoms with Crippen molar-refractivity contribution in [3.63, 3.8) is 0 Å². The van der Waals surface area contributed by atoms with Crippen molar-refractivity contribution in [2.45, 2.75) is 253 Å². The van der Waals surface area contributed by atoms with Crippen LogP contribution in [0.4, 0.5) is 0 Å². The highest BCUT2D eigenvalue weighted by Gasteiger charge is 2.40. The van der Waals surface area contributed by atoms with Crippen LogP contribution < -0.4 is 52.4 Å². The smallest absolute Gasteiger partial charge is 0.259 e. The van der Waals surface area contributed by atoms with Gasteiger partial charge in [0.25, 0.3) is 50.1 Å². The molecule has 0 bridgehead atoms. The molecule has 18 rings (SSSR count). The molecule has 10 heterocycles. The lowest BCUT2D eigenvalue weighted by Crippen LogP contribution is -2.50. The molecular weight excluding hydrogens is 1880 g/mol. The van der Waals surface area contributed by atoms with Crippen LogP contribution in [-0.4, -0.2) is 221 Å². The number of amidine groups is 5. The maximum atomic E-state index is 13.1. The van der Waals surface area contributed by atoms with Crippen molar-refractivity contribution in [2.24, 2.45) is 68.4 Å². The van der Waals surface area contributed by atoms with Gasteiger partial charge >= 0.3 is 0 Å². The molecule has 2 aliphatic carbocycles. The fraction of sp³-hybridized carbons (Fsp3) is 0.535. The van der Waals surface area contributed by atoms with Crippen molar-refractivity contribution in [3.05, 3.63) is 183 Å². The predicted molar refractivity (Wildman–Crippen MR) is 532 cm³/mol. The van der Waals surface area contributed by atoms with Crippen molar-refractivity contribution in [1.29, 1.82) is 0 Å². The first kappa shape index (κ1) is 104. The number of likely N-dealkylation sites (tertiary alicyclic amines) is 5. The van der Waals surface area contributed by atoms with Crippen LogP contribution in [0, 0.1) is 17.8 Å². The minimum atomic E-state index is -3.59. The maximum absolute atomic E-state index is 13.1. The topological polar surface area (TPSA) is 510 Å². The maximum Gasteiger partial charge on any atom is 0.259 e. The second-order valence-corrected chi connectivity index (χ2v) is 46.2. The minimum absolute atomic E-state index is 0.0198. The largest absolute Gasteiger partial charge is 0.491 e. The highest BCUT2D eigenvalue weighted by molar-refractivity contribution is 7.90. The van der Waals surface area contributed by atoms with Gasteiger partial charge in [0, 0.05) is 57.4 Å². The summed E-state index contributed by atoms with van der Waals surface area (Å²) in [6.07, 6.45) is 25.9. The zero-order valence-electron chi connectivity index (χ0n) is 79.4. The van der Waals surface area contributed by atoms with Crippen LogP contribution in [0.5, 0.6) is 28.7 Å². The summed E-state index contributed by atoms with van der Waals surface area (Å²) >= 11 is 0. The summed E-state index contributed by atoms with van der Waals surface area (Å²) < 4.78 is 166. The van der Waals surface area contributed by atoms with Gasteiger partial charge in [-0.1, -0.05) is 137 Å². The molecule has 10 aliphatic heterocycles. The van der Waals surface area contributed by atoms with Gasteiger partial charge in [-0.25, -0.2) is 42.1 Å². The van der Waals surface area contributed by atoms with Gasteiger partial charge in [0.2, 0.25) is 29.5 Å². The molecule has 139 heavy (non-hydrogen) atoms. The van der Waals surface area contributed by atoms with E-state index in [0.29, 0.717) is 149 Å². The summed E-state index contributed by atoms with van der Waals surface area (Å²) in [5.41, 5.74) is 36.2. The van der Waals surface area contributed by atoms with Crippen molar-refractivity contribution >= 4 is 109 Å². The lowest BCUT2D eigenvalue weighted by atomic mass is 9.83. The van der Waals surface area contributed by atoms with E-state index in [1.165, 1.54) is 6.42 Å². The fourth-order valence-electron chi connectivity index (χ4n) is 20.2. The summed E-state index contributed by atoms with van der Waals surface area (Å²) in [5, 5.41) is 0. The molecule has 0 radical (unpaired) electrons. The lowest BCUT2D eigenvalue weighted by molar-refractivity contribution is -0.143. The number of carbonyl (C=O) groups excluding carboxylic acids is 5. The summed E-state index contributed by atoms with van der Waals surface area (Å²) in [4.78, 5) is 73.4. The third kappa shape index (κ3) is 27.1. The molecular formula is C99H131N15O20S5. The standard InChI is InChI=1S/C22H25N3O4S.C21H29N3O4S.C19H25N3O4S.C19H27N3O4S.C18H25N3O4S/c23-22-21-17(15-30(27,28)24-22)9-6-11-19(21)29-14-18-10-4-5-12-25(18)20(26)13-16-7-2-1-3-8-16;22-20-19-16(14-29(26,27)23-20)9-6-11-18(19)28-13-17-10-4-5-12-24(17)21(25)15-7-2-1-3-8-15;20-18-17-14(12-27(24,25)21-18)7-4-9-16(17)26-11-15-8-1-2-10-22(15)19(23)13-5-3-6-13;1-13(2)10-17(23)22-9-4-3-7-15(22)11-26-16-8-5-6-14-12-27(24,25)21-19(20)18(14)16;1-2-6-16(22)21-10-4-3-8-14(21)11-25-15-9-5-7-13-12-26(23,24)20-18(19)17(13)15/h1-3,6-9,11,18H,4-5,10,12-15H2,(H2,23,24);6,9,11,15,17H,1-5,7-8,10,12-14H2,(H2,22,23);4,7,9,13,15H,1-3,5-6,8,10-12H2,(H2,20,21);5-6,8,13,15H,3-4,7,9-12H2,1-2H3,(H2,20,21);5,7,9,14H,2-4,6,8,10-12H2,1H3,(H2,19,20)/t18-;17-;2*15-;14-/m11111/s1. The molecule has 6 aromatic rings. The molecule has 5 saturated heterocycles. The van der Waals surface area contributed by atoms with E-state index in [1.807, 2.05) is 75.6 Å². The van der Waals surface area contributed by atoms with Gasteiger partial charge in [-0.05, 0) is 198 Å². The third-order valence-electron chi connectivity index (χ3n) is 27.2. The van der Waals surface area contributed by atoms with Gasteiger partial charge in [0.05, 0.1) is 93.2 Å². The van der Waals surface area contributed by atoms with Crippen LogP contribution in [-0.2, 0) is 109 Å². The number of nitrogens with two attached hydrogens (primary N) is 5. The Kier molecular flexibility index (Phi) is 34.6. The second-order valence-electron chi connectivity index (χ2n) is 38.1. The second kappa shape index (κ2) is 46.5. The zero-order valence-corrected chi connectivity index (χ0v) is 83.5. The summed E-state index contributed by atoms with van der Waals surface area (Å²) in [5.74, 6) is 3.17. The van der Waals surface area contributed by atoms with E-state index < -0.39 is 50.1 Å². The van der Waals surface area contributed by atoms with E-state index in [-0.39, 0.29) is 130 Å². The number of sulfonamides is 5. The van der Waals surface area contributed by atoms with E-state index in [9.17, 15) is 66.1 Å². The van der Waals surface area contributed by atoms with Crippen molar-refractivity contribution in [2.75, 3.05) is 65.8 Å². The number of hydrogen-bond donors (Lipinski definition) is 5. The summed E-state index contributed by atoms with van der Waals surface area (Å²) in [7, 11) is -17.9. The first-order valence-corrected chi connectivity index (χ1v) is 56.7. The molecule has 5 amide bonds. The number of hydrogen-bond acceptors (Lipinski definition) is 25. The van der Waals surface area contributed by atoms with Crippen molar-refractivity contribution in [3.8, 4) is 28.7 Å². The zero-order chi connectivity index (χ0) is 98.9. The molecule has 40 heteroatoms. The number of piperidine rings is 5. The van der Waals surface area contributed by atoms with Gasteiger partial charge in [-0.2, -0.15) is 0 Å². The van der Waals surface area contributed by atoms with E-state index >= 15 is 0 Å². The molecule has 5 atom stereocenters. The predicted octanol–water partition coefficient (Wildman–Crippen LogP) is 10.4. The highest BCUT2D eigenvalue weighted by atomic mass is 32.2. The first-order chi connectivity index (χ1) is 66.5. The Balaban J connectivity index is 0.000000139. The average molecular weight is 2010 g/mol. The van der Waals surface area contributed by atoms with Crippen LogP contribution >= 0.6 is 0 Å². The Labute approximate surface area is 816 Å². The van der Waals surface area contributed by atoms with Crippen LogP contribution in [0.3, 0.4) is 0 Å². The minimum Gasteiger partial charge on any atom is -0.491 e. The third-order valence-corrected chi connectivity index (χ3v) is 32.9. The van der Waals surface area contributed by atoms with Gasteiger partial charge in [-0.15, -0.1) is 22.0 Å². The number of rotatable bonds is 23. The summed E-state index contributed by atoms with van der Waals surface area (Å²) in [6.45, 7) is 11.7. The SMILES string of the molecule is CC(C)CC(=O)N1CCCC[C@@H]1COc1cccc2c1C(N)=NS(=O)(=O)C2.CCCC(=O)N1CCCC[C@@H]1COc1cccc2c1C(N)=NS(=O)(=O)C2.NC1=NS(=O)(=O)Cc2cccc(OC[C@H]3CCCCN3C(=O)C3CCC3)c21.NC1=NS(=O)(=O)Cc2cccc(OC[C@H]3CCCCN3C(=O)C3CCCCC3)c21.NC1=NS(=O)(=O)Cc2cccc(OC[C@H]3CCCCN3C(=O)Cc3ccccc3)c21. The Morgan fingerprint density at radius 2 is 0.576 bits per heavy atom. The molecule has 0 aromatic heterocycles. The van der Waals surface area contributed by atoms with Crippen LogP contribution in [0.15, 0.2) is 143 Å². The number of nitrogens with zero attached hydrogens (tertiary/aromatic N) is 10. The normalized spacial score (nSPS) is 22.5. The van der Waals surface area contributed by atoms with E-state index in [1.54, 1.807) is 91.0 Å². The molecule has 6 aromatic carbocycles. The Hall–Kier alpha value is -11.2. The Morgan fingerprint density at radius 1 is 0.317 bits per heavy atom. The average Bonchev–Trinajstić information content (AvgIpc) is 0.790. The van der Waals surface area contributed by atoms with Gasteiger partial charge in [-0.3, -0.25) is 24.0 Å². The van der Waals surface area contributed by atoms with Crippen molar-refractivity contribution in [1.82, 2.24) is 24.5 Å². The number of fused-ring (bicyclic) bond motifs is 5. The molecule has 0 unspecified atom stereocenters. The molecule has 0 spiro atoms. The van der Waals surface area contributed by atoms with Gasteiger partial charge < -0.3 is 76.9 Å². The Morgan fingerprint density at radius 3 is 0.849 bits per heavy atom. The van der Waals surface area contributed by atoms with E-state index in [4.69, 9.17) is 52.4 Å². The monoisotopic (exact) mass is 2010 g/mol. The van der Waals surface area contributed by atoms with Gasteiger partial charge in [0.1, 0.15) is 91.0 Å². The van der Waals surface area contributed by atoms with Crippen LogP contribution in [0.1, 0.15) is 249 Å². The van der Waals surface area contributed by atoms with Gasteiger partial charge in [0.15, 0.2) is 0 Å². The quantitative estimate of drug-likeness (QED) is 0.0398. The number of carbonyl (C=O) groups is 5.